The maximum Gasteiger partial charge on any atom is 0.337 e. The number of rotatable bonds is 5. The molecule has 0 aromatic heterocycles. The van der Waals surface area contributed by atoms with Crippen molar-refractivity contribution in [2.45, 2.75) is 24.7 Å². The van der Waals surface area contributed by atoms with Gasteiger partial charge >= 0.3 is 5.97 Å². The number of halogens is 1. The molecule has 0 heterocycles. The number of carbonyl (C=O) groups excluding carboxylic acids is 1. The molecule has 110 valence electrons. The molecule has 0 bridgehead atoms. The molecule has 1 aromatic carbocycles. The van der Waals surface area contributed by atoms with E-state index in [4.69, 9.17) is 21.8 Å². The van der Waals surface area contributed by atoms with Gasteiger partial charge in [-0.15, -0.1) is 0 Å². The van der Waals surface area contributed by atoms with Crippen LogP contribution in [0.2, 0.25) is 5.02 Å². The highest BCUT2D eigenvalue weighted by Gasteiger charge is 2.21. The summed E-state index contributed by atoms with van der Waals surface area (Å²) in [4.78, 5) is 22.1. The molecule has 0 aliphatic heterocycles. The smallest absolute Gasteiger partial charge is 0.337 e. The molecule has 0 fully saturated rings. The minimum absolute atomic E-state index is 0.0756. The van der Waals surface area contributed by atoms with Crippen LogP contribution in [0.5, 0.6) is 0 Å². The Kier molecular flexibility index (Phi) is 5.09. The fourth-order valence-electron chi connectivity index (χ4n) is 1.49. The highest BCUT2D eigenvalue weighted by Crippen LogP contribution is 2.28. The molecule has 0 radical (unpaired) electrons. The molecule has 1 aromatic rings. The van der Waals surface area contributed by atoms with E-state index in [0.717, 1.165) is 12.1 Å². The van der Waals surface area contributed by atoms with Crippen molar-refractivity contribution < 1.29 is 23.1 Å². The number of anilines is 1. The summed E-state index contributed by atoms with van der Waals surface area (Å²) in [5, 5.41) is 16.1. The van der Waals surface area contributed by atoms with Gasteiger partial charge in [0.05, 0.1) is 16.3 Å². The quantitative estimate of drug-likeness (QED) is 0.756. The molecule has 0 spiro atoms. The molecule has 0 aliphatic carbocycles. The number of carbonyl (C=O) groups is 2. The first-order valence-corrected chi connectivity index (χ1v) is 7.48. The topological polar surface area (TPSA) is 127 Å². The molecule has 7 nitrogen and oxygen atoms in total. The lowest BCUT2D eigenvalue weighted by Gasteiger charge is -2.11. The second-order valence-corrected chi connectivity index (χ2v) is 5.91. The molecule has 0 aliphatic rings. The van der Waals surface area contributed by atoms with E-state index < -0.39 is 32.4 Å². The summed E-state index contributed by atoms with van der Waals surface area (Å²) in [7, 11) is -4.15. The summed E-state index contributed by atoms with van der Waals surface area (Å²) in [6, 6.07) is 1.87. The van der Waals surface area contributed by atoms with Crippen LogP contribution in [0.3, 0.4) is 0 Å². The number of aromatic carboxylic acids is 1. The zero-order valence-corrected chi connectivity index (χ0v) is 12.1. The molecular formula is C11H13ClN2O5S. The van der Waals surface area contributed by atoms with Gasteiger partial charge in [-0.05, 0) is 18.6 Å². The normalized spacial score (nSPS) is 11.2. The third-order valence-corrected chi connectivity index (χ3v) is 3.74. The van der Waals surface area contributed by atoms with Crippen LogP contribution in [0.1, 0.15) is 30.1 Å². The zero-order valence-electron chi connectivity index (χ0n) is 10.5. The number of primary sulfonamides is 1. The van der Waals surface area contributed by atoms with Crippen LogP contribution < -0.4 is 10.5 Å². The number of sulfonamides is 1. The van der Waals surface area contributed by atoms with Crippen LogP contribution in [0.15, 0.2) is 17.0 Å². The Labute approximate surface area is 120 Å². The molecule has 0 saturated carbocycles. The van der Waals surface area contributed by atoms with Crippen LogP contribution in [-0.4, -0.2) is 25.4 Å². The molecule has 1 amide bonds. The van der Waals surface area contributed by atoms with Gasteiger partial charge in [0.1, 0.15) is 4.90 Å². The number of carboxylic acid groups (broad SMARTS) is 1. The Hall–Kier alpha value is -1.64. The Balaban J connectivity index is 3.36. The molecule has 0 unspecified atom stereocenters. The standard InChI is InChI=1S/C11H13ClN2O5S/c1-2-3-10(15)14-8-5-7(12)9(20(13,18)19)4-6(8)11(16)17/h4-5H,2-3H2,1H3,(H,14,15)(H,16,17)(H2,13,18,19). The zero-order chi connectivity index (χ0) is 15.5. The van der Waals surface area contributed by atoms with Crippen molar-refractivity contribution in [3.05, 3.63) is 22.7 Å². The first-order valence-electron chi connectivity index (χ1n) is 5.56. The van der Waals surface area contributed by atoms with Crippen LogP contribution in [0.4, 0.5) is 5.69 Å². The van der Waals surface area contributed by atoms with Gasteiger partial charge in [-0.1, -0.05) is 18.5 Å². The fraction of sp³-hybridized carbons (Fsp3) is 0.273. The number of hydrogen-bond donors (Lipinski definition) is 3. The largest absolute Gasteiger partial charge is 0.478 e. The number of benzene rings is 1. The van der Waals surface area contributed by atoms with Gasteiger partial charge in [0, 0.05) is 6.42 Å². The van der Waals surface area contributed by atoms with Crippen molar-refractivity contribution in [1.82, 2.24) is 0 Å². The average Bonchev–Trinajstić information content (AvgIpc) is 2.26. The van der Waals surface area contributed by atoms with E-state index in [1.807, 2.05) is 0 Å². The molecule has 20 heavy (non-hydrogen) atoms. The van der Waals surface area contributed by atoms with Crippen molar-refractivity contribution in [2.75, 3.05) is 5.32 Å². The van der Waals surface area contributed by atoms with Crippen molar-refractivity contribution in [3.63, 3.8) is 0 Å². The van der Waals surface area contributed by atoms with E-state index in [1.165, 1.54) is 0 Å². The monoisotopic (exact) mass is 320 g/mol. The molecule has 1 rings (SSSR count). The van der Waals surface area contributed by atoms with E-state index in [1.54, 1.807) is 6.92 Å². The van der Waals surface area contributed by atoms with E-state index >= 15 is 0 Å². The van der Waals surface area contributed by atoms with Crippen LogP contribution in [0, 0.1) is 0 Å². The lowest BCUT2D eigenvalue weighted by atomic mass is 10.1. The first-order chi connectivity index (χ1) is 9.16. The number of amides is 1. The van der Waals surface area contributed by atoms with Crippen molar-refractivity contribution in [1.29, 1.82) is 0 Å². The van der Waals surface area contributed by atoms with Crippen LogP contribution >= 0.6 is 11.6 Å². The highest BCUT2D eigenvalue weighted by atomic mass is 35.5. The van der Waals surface area contributed by atoms with Crippen molar-refractivity contribution >= 4 is 39.2 Å². The second-order valence-electron chi connectivity index (χ2n) is 3.98. The number of nitrogens with one attached hydrogen (secondary N) is 1. The van der Waals surface area contributed by atoms with E-state index in [9.17, 15) is 18.0 Å². The average molecular weight is 321 g/mol. The number of carboxylic acids is 1. The minimum atomic E-state index is -4.15. The second kappa shape index (κ2) is 6.21. The van der Waals surface area contributed by atoms with Gasteiger partial charge in [0.15, 0.2) is 0 Å². The maximum atomic E-state index is 11.5. The SMILES string of the molecule is CCCC(=O)Nc1cc(Cl)c(S(N)(=O)=O)cc1C(=O)O. The van der Waals surface area contributed by atoms with Gasteiger partial charge in [0.25, 0.3) is 0 Å². The molecule has 4 N–H and O–H groups in total. The number of hydrogen-bond acceptors (Lipinski definition) is 4. The highest BCUT2D eigenvalue weighted by molar-refractivity contribution is 7.89. The van der Waals surface area contributed by atoms with Gasteiger partial charge in [-0.3, -0.25) is 4.79 Å². The summed E-state index contributed by atoms with van der Waals surface area (Å²) in [5.41, 5.74) is -0.476. The Morgan fingerprint density at radius 1 is 1.40 bits per heavy atom. The maximum absolute atomic E-state index is 11.5. The predicted octanol–water partition coefficient (Wildman–Crippen LogP) is 1.42. The minimum Gasteiger partial charge on any atom is -0.478 e. The third kappa shape index (κ3) is 3.92. The Bertz CT molecular complexity index is 657. The molecule has 9 heteroatoms. The molecule has 0 saturated heterocycles. The lowest BCUT2D eigenvalue weighted by Crippen LogP contribution is -2.17. The lowest BCUT2D eigenvalue weighted by molar-refractivity contribution is -0.116. The summed E-state index contributed by atoms with van der Waals surface area (Å²) in [6.45, 7) is 1.79. The fourth-order valence-corrected chi connectivity index (χ4v) is 2.59. The van der Waals surface area contributed by atoms with Gasteiger partial charge in [-0.2, -0.15) is 0 Å². The van der Waals surface area contributed by atoms with E-state index in [2.05, 4.69) is 5.32 Å². The molecule has 0 atom stereocenters. The van der Waals surface area contributed by atoms with Gasteiger partial charge in [-0.25, -0.2) is 18.4 Å². The predicted molar refractivity (Wildman–Crippen MR) is 73.3 cm³/mol. The Morgan fingerprint density at radius 2 is 2.00 bits per heavy atom. The van der Waals surface area contributed by atoms with E-state index in [-0.39, 0.29) is 17.1 Å². The van der Waals surface area contributed by atoms with Crippen LogP contribution in [-0.2, 0) is 14.8 Å². The third-order valence-electron chi connectivity index (χ3n) is 2.36. The van der Waals surface area contributed by atoms with Crippen molar-refractivity contribution in [2.24, 2.45) is 5.14 Å². The molecular weight excluding hydrogens is 308 g/mol. The summed E-state index contributed by atoms with van der Waals surface area (Å²) >= 11 is 5.75. The van der Waals surface area contributed by atoms with E-state index in [0.29, 0.717) is 6.42 Å². The first kappa shape index (κ1) is 16.4. The van der Waals surface area contributed by atoms with Gasteiger partial charge < -0.3 is 10.4 Å². The van der Waals surface area contributed by atoms with Crippen molar-refractivity contribution in [3.8, 4) is 0 Å². The summed E-state index contributed by atoms with van der Waals surface area (Å²) in [6.07, 6.45) is 0.783. The van der Waals surface area contributed by atoms with Crippen LogP contribution in [0.25, 0.3) is 0 Å². The number of nitrogens with two attached hydrogens (primary N) is 1. The summed E-state index contributed by atoms with van der Waals surface area (Å²) < 4.78 is 22.6. The summed E-state index contributed by atoms with van der Waals surface area (Å²) in [5.74, 6) is -1.80. The van der Waals surface area contributed by atoms with Gasteiger partial charge in [0.2, 0.25) is 15.9 Å². The Morgan fingerprint density at radius 3 is 2.45 bits per heavy atom.